The molecule has 2 atom stereocenters. The van der Waals surface area contributed by atoms with Crippen molar-refractivity contribution in [3.05, 3.63) is 76.4 Å². The number of hydrogen-bond acceptors (Lipinski definition) is 6. The quantitative estimate of drug-likeness (QED) is 0.517. The standard InChI is InChI=1S/C23H26N2O5S2/c1-17-13-25(14-18(2)30-17)32(27,28)22-9-7-19(8-10-22)23(26)24(15-20-5-3-11-29-20)16-21-6-4-12-31-21/h3-12,17-18H,13-16H2,1-2H3/t17-,18-/m1/s1. The van der Waals surface area contributed by atoms with Gasteiger partial charge >= 0.3 is 0 Å². The van der Waals surface area contributed by atoms with Gasteiger partial charge in [0, 0.05) is 23.5 Å². The van der Waals surface area contributed by atoms with Gasteiger partial charge in [-0.05, 0) is 61.7 Å². The van der Waals surface area contributed by atoms with Gasteiger partial charge in [-0.1, -0.05) is 6.07 Å². The second kappa shape index (κ2) is 9.58. The Bertz CT molecular complexity index is 1080. The molecule has 1 aliphatic heterocycles. The molecular weight excluding hydrogens is 448 g/mol. The van der Waals surface area contributed by atoms with Gasteiger partial charge in [-0.3, -0.25) is 4.79 Å². The van der Waals surface area contributed by atoms with Crippen LogP contribution < -0.4 is 0 Å². The number of carbonyl (C=O) groups is 1. The number of morpholine rings is 1. The molecule has 0 N–H and O–H groups in total. The van der Waals surface area contributed by atoms with Gasteiger partial charge in [-0.25, -0.2) is 8.42 Å². The molecule has 2 aromatic heterocycles. The Morgan fingerprint density at radius 1 is 1.06 bits per heavy atom. The third-order valence-electron chi connectivity index (χ3n) is 5.27. The summed E-state index contributed by atoms with van der Waals surface area (Å²) in [5.74, 6) is 0.497. The van der Waals surface area contributed by atoms with E-state index in [0.717, 1.165) is 4.88 Å². The predicted octanol–water partition coefficient (Wildman–Crippen LogP) is 3.98. The largest absolute Gasteiger partial charge is 0.467 e. The van der Waals surface area contributed by atoms with E-state index >= 15 is 0 Å². The molecule has 170 valence electrons. The molecule has 7 nitrogen and oxygen atoms in total. The lowest BCUT2D eigenvalue weighted by molar-refractivity contribution is -0.0440. The summed E-state index contributed by atoms with van der Waals surface area (Å²) in [5.41, 5.74) is 0.427. The fraction of sp³-hybridized carbons (Fsp3) is 0.348. The second-order valence-corrected chi connectivity index (χ2v) is 10.9. The Labute approximate surface area is 192 Å². The topological polar surface area (TPSA) is 80.1 Å². The first-order valence-corrected chi connectivity index (χ1v) is 12.7. The zero-order chi connectivity index (χ0) is 22.7. The van der Waals surface area contributed by atoms with Crippen LogP contribution in [0.5, 0.6) is 0 Å². The number of rotatable bonds is 7. The maximum Gasteiger partial charge on any atom is 0.254 e. The molecule has 9 heteroatoms. The normalized spacial score (nSPS) is 19.7. The number of benzene rings is 1. The zero-order valence-electron chi connectivity index (χ0n) is 18.0. The Morgan fingerprint density at radius 2 is 1.78 bits per heavy atom. The van der Waals surface area contributed by atoms with Crippen LogP contribution in [0.2, 0.25) is 0 Å². The predicted molar refractivity (Wildman–Crippen MR) is 122 cm³/mol. The van der Waals surface area contributed by atoms with Crippen LogP contribution in [0.1, 0.15) is 34.8 Å². The van der Waals surface area contributed by atoms with E-state index in [1.54, 1.807) is 40.7 Å². The van der Waals surface area contributed by atoms with Crippen LogP contribution >= 0.6 is 11.3 Å². The molecule has 1 aromatic carbocycles. The molecule has 3 aromatic rings. The van der Waals surface area contributed by atoms with Gasteiger partial charge in [0.2, 0.25) is 10.0 Å². The maximum atomic E-state index is 13.3. The van der Waals surface area contributed by atoms with Gasteiger partial charge in [-0.15, -0.1) is 11.3 Å². The Balaban J connectivity index is 1.54. The highest BCUT2D eigenvalue weighted by atomic mass is 32.2. The van der Waals surface area contributed by atoms with Crippen LogP contribution in [0.25, 0.3) is 0 Å². The summed E-state index contributed by atoms with van der Waals surface area (Å²) in [6, 6.07) is 13.7. The van der Waals surface area contributed by atoms with Crippen molar-refractivity contribution in [3.8, 4) is 0 Å². The molecule has 0 saturated carbocycles. The van der Waals surface area contributed by atoms with Gasteiger partial charge in [0.05, 0.1) is 36.5 Å². The highest BCUT2D eigenvalue weighted by Gasteiger charge is 2.32. The van der Waals surface area contributed by atoms with E-state index in [4.69, 9.17) is 9.15 Å². The van der Waals surface area contributed by atoms with E-state index in [-0.39, 0.29) is 23.0 Å². The molecule has 1 saturated heterocycles. The van der Waals surface area contributed by atoms with Gasteiger partial charge in [-0.2, -0.15) is 4.31 Å². The van der Waals surface area contributed by atoms with Crippen LogP contribution in [-0.2, 0) is 27.8 Å². The summed E-state index contributed by atoms with van der Waals surface area (Å²) in [5, 5.41) is 1.97. The van der Waals surface area contributed by atoms with Crippen molar-refractivity contribution in [1.82, 2.24) is 9.21 Å². The molecule has 1 amide bonds. The van der Waals surface area contributed by atoms with Crippen molar-refractivity contribution in [2.24, 2.45) is 0 Å². The number of sulfonamides is 1. The van der Waals surface area contributed by atoms with E-state index in [1.165, 1.54) is 16.4 Å². The molecular formula is C23H26N2O5S2. The van der Waals surface area contributed by atoms with E-state index in [0.29, 0.717) is 37.5 Å². The summed E-state index contributed by atoms with van der Waals surface area (Å²) in [7, 11) is -3.66. The zero-order valence-corrected chi connectivity index (χ0v) is 19.6. The molecule has 0 spiro atoms. The number of nitrogens with zero attached hydrogens (tertiary/aromatic N) is 2. The van der Waals surface area contributed by atoms with Crippen molar-refractivity contribution in [2.45, 2.75) is 44.0 Å². The minimum Gasteiger partial charge on any atom is -0.467 e. The number of furan rings is 1. The minimum atomic E-state index is -3.66. The number of hydrogen-bond donors (Lipinski definition) is 0. The van der Waals surface area contributed by atoms with Gasteiger partial charge in [0.1, 0.15) is 5.76 Å². The molecule has 0 aliphatic carbocycles. The summed E-state index contributed by atoms with van der Waals surface area (Å²) in [6.07, 6.45) is 1.25. The lowest BCUT2D eigenvalue weighted by atomic mass is 10.2. The first-order chi connectivity index (χ1) is 15.3. The van der Waals surface area contributed by atoms with Gasteiger partial charge in [0.25, 0.3) is 5.91 Å². The van der Waals surface area contributed by atoms with E-state index in [1.807, 2.05) is 37.4 Å². The van der Waals surface area contributed by atoms with Crippen molar-refractivity contribution < 1.29 is 22.4 Å². The van der Waals surface area contributed by atoms with Crippen molar-refractivity contribution in [1.29, 1.82) is 0 Å². The average Bonchev–Trinajstić information content (AvgIpc) is 3.46. The Morgan fingerprint density at radius 3 is 2.38 bits per heavy atom. The molecule has 0 radical (unpaired) electrons. The van der Waals surface area contributed by atoms with Crippen molar-refractivity contribution in [3.63, 3.8) is 0 Å². The van der Waals surface area contributed by atoms with Crippen LogP contribution in [0.15, 0.2) is 69.5 Å². The molecule has 1 aliphatic rings. The third kappa shape index (κ3) is 5.12. The van der Waals surface area contributed by atoms with Gasteiger partial charge < -0.3 is 14.1 Å². The lowest BCUT2D eigenvalue weighted by Crippen LogP contribution is -2.48. The molecule has 0 bridgehead atoms. The summed E-state index contributed by atoms with van der Waals surface area (Å²) in [6.45, 7) is 5.12. The lowest BCUT2D eigenvalue weighted by Gasteiger charge is -2.34. The Hall–Kier alpha value is -2.46. The van der Waals surface area contributed by atoms with Crippen LogP contribution in [0.4, 0.5) is 0 Å². The van der Waals surface area contributed by atoms with Crippen LogP contribution in [-0.4, -0.2) is 48.8 Å². The number of amides is 1. The molecule has 4 rings (SSSR count). The van der Waals surface area contributed by atoms with Gasteiger partial charge in [0.15, 0.2) is 0 Å². The monoisotopic (exact) mass is 474 g/mol. The first kappa shape index (κ1) is 22.7. The van der Waals surface area contributed by atoms with E-state index in [2.05, 4.69) is 0 Å². The fourth-order valence-electron chi connectivity index (χ4n) is 3.81. The summed E-state index contributed by atoms with van der Waals surface area (Å²) in [4.78, 5) is 16.2. The number of carbonyl (C=O) groups excluding carboxylic acids is 1. The van der Waals surface area contributed by atoms with E-state index < -0.39 is 10.0 Å². The first-order valence-electron chi connectivity index (χ1n) is 10.4. The van der Waals surface area contributed by atoms with E-state index in [9.17, 15) is 13.2 Å². The molecule has 32 heavy (non-hydrogen) atoms. The number of ether oxygens (including phenoxy) is 1. The third-order valence-corrected chi connectivity index (χ3v) is 7.97. The van der Waals surface area contributed by atoms with Crippen molar-refractivity contribution in [2.75, 3.05) is 13.1 Å². The highest BCUT2D eigenvalue weighted by molar-refractivity contribution is 7.89. The van der Waals surface area contributed by atoms with Crippen LogP contribution in [0.3, 0.4) is 0 Å². The second-order valence-electron chi connectivity index (χ2n) is 7.92. The minimum absolute atomic E-state index is 0.165. The average molecular weight is 475 g/mol. The summed E-state index contributed by atoms with van der Waals surface area (Å²) >= 11 is 1.58. The molecule has 1 fully saturated rings. The fourth-order valence-corrected chi connectivity index (χ4v) is 6.12. The van der Waals surface area contributed by atoms with Crippen molar-refractivity contribution >= 4 is 27.3 Å². The molecule has 3 heterocycles. The maximum absolute atomic E-state index is 13.3. The highest BCUT2D eigenvalue weighted by Crippen LogP contribution is 2.23. The molecule has 0 unspecified atom stereocenters. The smallest absolute Gasteiger partial charge is 0.254 e. The summed E-state index contributed by atoms with van der Waals surface area (Å²) < 4.78 is 38.7. The Kier molecular flexibility index (Phi) is 6.80. The SMILES string of the molecule is C[C@@H]1CN(S(=O)(=O)c2ccc(C(=O)N(Cc3ccco3)Cc3cccs3)cc2)C[C@@H](C)O1. The van der Waals surface area contributed by atoms with Crippen LogP contribution in [0, 0.1) is 0 Å². The number of thiophene rings is 1.